The summed E-state index contributed by atoms with van der Waals surface area (Å²) in [5.74, 6) is 0.189. The summed E-state index contributed by atoms with van der Waals surface area (Å²) in [4.78, 5) is 28.9. The summed E-state index contributed by atoms with van der Waals surface area (Å²) in [6.07, 6.45) is 0.0413. The molecule has 2 amide bonds. The maximum atomic E-state index is 12.3. The Morgan fingerprint density at radius 1 is 1.33 bits per heavy atom. The monoisotopic (exact) mass is 403 g/mol. The second-order valence-electron chi connectivity index (χ2n) is 5.88. The maximum absolute atomic E-state index is 12.3. The smallest absolute Gasteiger partial charge is 0.240 e. The number of carbonyl (C=O) groups excluding carboxylic acids is 2. The van der Waals surface area contributed by atoms with Gasteiger partial charge in [-0.25, -0.2) is 4.99 Å². The van der Waals surface area contributed by atoms with Gasteiger partial charge in [0.15, 0.2) is 5.17 Å². The zero-order valence-electron chi connectivity index (χ0n) is 14.8. The Balaban J connectivity index is 1.64. The number of nitrogens with one attached hydrogen (secondary N) is 2. The highest BCUT2D eigenvalue weighted by molar-refractivity contribution is 8.15. The molecule has 6 nitrogen and oxygen atoms in total. The van der Waals surface area contributed by atoms with E-state index in [2.05, 4.69) is 15.6 Å². The van der Waals surface area contributed by atoms with Crippen LogP contribution in [0.3, 0.4) is 0 Å². The van der Waals surface area contributed by atoms with Crippen LogP contribution in [-0.4, -0.2) is 29.3 Å². The van der Waals surface area contributed by atoms with Crippen molar-refractivity contribution >= 4 is 51.7 Å². The summed E-state index contributed by atoms with van der Waals surface area (Å²) in [5, 5.41) is 6.02. The van der Waals surface area contributed by atoms with E-state index in [4.69, 9.17) is 16.3 Å². The largest absolute Gasteiger partial charge is 0.497 e. The van der Waals surface area contributed by atoms with E-state index in [1.165, 1.54) is 11.8 Å². The first-order chi connectivity index (χ1) is 13.0. The summed E-state index contributed by atoms with van der Waals surface area (Å²) in [5.41, 5.74) is 2.09. The summed E-state index contributed by atoms with van der Waals surface area (Å²) in [7, 11) is 1.58. The molecular weight excluding hydrogens is 386 g/mol. The first-order valence-corrected chi connectivity index (χ1v) is 9.47. The molecule has 8 heteroatoms. The predicted molar refractivity (Wildman–Crippen MR) is 109 cm³/mol. The molecule has 1 aliphatic heterocycles. The Kier molecular flexibility index (Phi) is 6.03. The second kappa shape index (κ2) is 8.45. The Morgan fingerprint density at radius 3 is 2.89 bits per heavy atom. The van der Waals surface area contributed by atoms with Crippen LogP contribution in [0.15, 0.2) is 47.5 Å². The first kappa shape index (κ1) is 19.3. The molecule has 0 bridgehead atoms. The van der Waals surface area contributed by atoms with E-state index >= 15 is 0 Å². The molecule has 0 aliphatic carbocycles. The Hall–Kier alpha value is -2.51. The van der Waals surface area contributed by atoms with Crippen LogP contribution in [0.5, 0.6) is 5.75 Å². The molecule has 2 N–H and O–H groups in total. The highest BCUT2D eigenvalue weighted by atomic mass is 35.5. The molecule has 1 heterocycles. The number of nitrogens with zero attached hydrogens (tertiary/aromatic N) is 1. The van der Waals surface area contributed by atoms with Gasteiger partial charge in [0.25, 0.3) is 0 Å². The van der Waals surface area contributed by atoms with Crippen LogP contribution in [0.2, 0.25) is 5.02 Å². The Morgan fingerprint density at radius 2 is 2.11 bits per heavy atom. The number of methoxy groups -OCH3 is 1. The lowest BCUT2D eigenvalue weighted by Gasteiger charge is -2.10. The predicted octanol–water partition coefficient (Wildman–Crippen LogP) is 3.90. The van der Waals surface area contributed by atoms with Crippen molar-refractivity contribution in [1.29, 1.82) is 0 Å². The zero-order chi connectivity index (χ0) is 19.4. The van der Waals surface area contributed by atoms with E-state index in [0.717, 1.165) is 5.56 Å². The molecule has 0 spiro atoms. The van der Waals surface area contributed by atoms with Crippen LogP contribution in [0.1, 0.15) is 12.0 Å². The topological polar surface area (TPSA) is 79.8 Å². The molecule has 1 fully saturated rings. The lowest BCUT2D eigenvalue weighted by molar-refractivity contribution is -0.122. The number of ether oxygens (including phenoxy) is 1. The van der Waals surface area contributed by atoms with Gasteiger partial charge in [-0.1, -0.05) is 35.5 Å². The lowest BCUT2D eigenvalue weighted by atomic mass is 10.2. The molecule has 1 aliphatic rings. The van der Waals surface area contributed by atoms with Gasteiger partial charge in [0, 0.05) is 23.2 Å². The molecular formula is C19H18ClN3O3S. The van der Waals surface area contributed by atoms with Crippen LogP contribution in [0.25, 0.3) is 0 Å². The molecule has 0 aromatic heterocycles. The van der Waals surface area contributed by atoms with Gasteiger partial charge in [-0.2, -0.15) is 0 Å². The minimum atomic E-state index is -0.533. The average molecular weight is 404 g/mol. The molecule has 0 saturated carbocycles. The molecule has 27 heavy (non-hydrogen) atoms. The minimum Gasteiger partial charge on any atom is -0.497 e. The fourth-order valence-corrected chi connectivity index (χ4v) is 3.66. The van der Waals surface area contributed by atoms with E-state index in [1.807, 2.05) is 25.1 Å². The molecule has 1 atom stereocenters. The van der Waals surface area contributed by atoms with Crippen molar-refractivity contribution in [2.24, 2.45) is 4.99 Å². The Bertz CT molecular complexity index is 917. The van der Waals surface area contributed by atoms with E-state index in [1.54, 1.807) is 31.4 Å². The number of thioether (sulfide) groups is 1. The van der Waals surface area contributed by atoms with Crippen molar-refractivity contribution in [2.45, 2.75) is 18.6 Å². The summed E-state index contributed by atoms with van der Waals surface area (Å²) >= 11 is 7.30. The third-order valence-electron chi connectivity index (χ3n) is 3.97. The third kappa shape index (κ3) is 4.81. The summed E-state index contributed by atoms with van der Waals surface area (Å²) < 4.78 is 5.16. The molecule has 2 aromatic rings. The number of benzene rings is 2. The summed E-state index contributed by atoms with van der Waals surface area (Å²) in [6.45, 7) is 1.83. The van der Waals surface area contributed by atoms with Crippen LogP contribution in [-0.2, 0) is 9.59 Å². The van der Waals surface area contributed by atoms with Crippen molar-refractivity contribution in [2.75, 3.05) is 12.4 Å². The van der Waals surface area contributed by atoms with E-state index in [9.17, 15) is 9.59 Å². The first-order valence-electron chi connectivity index (χ1n) is 8.21. The van der Waals surface area contributed by atoms with Gasteiger partial charge < -0.3 is 15.4 Å². The van der Waals surface area contributed by atoms with E-state index < -0.39 is 5.25 Å². The molecule has 0 radical (unpaired) electrons. The highest BCUT2D eigenvalue weighted by Crippen LogP contribution is 2.28. The van der Waals surface area contributed by atoms with Crippen molar-refractivity contribution in [3.63, 3.8) is 0 Å². The van der Waals surface area contributed by atoms with E-state index in [0.29, 0.717) is 27.3 Å². The fraction of sp³-hybridized carbons (Fsp3) is 0.211. The average Bonchev–Trinajstić information content (AvgIpc) is 2.98. The number of rotatable bonds is 5. The number of hydrogen-bond acceptors (Lipinski definition) is 5. The number of halogens is 1. The molecule has 140 valence electrons. The van der Waals surface area contributed by atoms with Crippen molar-refractivity contribution in [3.8, 4) is 5.75 Å². The van der Waals surface area contributed by atoms with Gasteiger partial charge in [-0.15, -0.1) is 0 Å². The number of carbonyl (C=O) groups is 2. The molecule has 0 unspecified atom stereocenters. The number of hydrogen-bond donors (Lipinski definition) is 2. The quantitative estimate of drug-likeness (QED) is 0.793. The number of amidine groups is 1. The lowest BCUT2D eigenvalue weighted by Crippen LogP contribution is -2.28. The molecule has 1 saturated heterocycles. The zero-order valence-corrected chi connectivity index (χ0v) is 16.4. The minimum absolute atomic E-state index is 0.0413. The van der Waals surface area contributed by atoms with Crippen molar-refractivity contribution in [3.05, 3.63) is 53.1 Å². The SMILES string of the molecule is COc1cccc(N=C2NC(=O)[C@@H](CC(=O)Nc3cccc(Cl)c3C)S2)c1. The van der Waals surface area contributed by atoms with Crippen molar-refractivity contribution < 1.29 is 14.3 Å². The Labute approximate surface area is 166 Å². The van der Waals surface area contributed by atoms with Gasteiger partial charge in [0.2, 0.25) is 11.8 Å². The van der Waals surface area contributed by atoms with Crippen LogP contribution >= 0.6 is 23.4 Å². The summed E-state index contributed by atoms with van der Waals surface area (Å²) in [6, 6.07) is 12.5. The van der Waals surface area contributed by atoms with Crippen LogP contribution < -0.4 is 15.4 Å². The third-order valence-corrected chi connectivity index (χ3v) is 5.46. The molecule has 3 rings (SSSR count). The van der Waals surface area contributed by atoms with Gasteiger partial charge in [-0.05, 0) is 36.8 Å². The van der Waals surface area contributed by atoms with Gasteiger partial charge in [-0.3, -0.25) is 9.59 Å². The second-order valence-corrected chi connectivity index (χ2v) is 7.48. The number of amides is 2. The van der Waals surface area contributed by atoms with Gasteiger partial charge in [0.1, 0.15) is 11.0 Å². The van der Waals surface area contributed by atoms with Crippen molar-refractivity contribution in [1.82, 2.24) is 5.32 Å². The fourth-order valence-electron chi connectivity index (χ4n) is 2.50. The van der Waals surface area contributed by atoms with E-state index in [-0.39, 0.29) is 18.2 Å². The van der Waals surface area contributed by atoms with Crippen LogP contribution in [0.4, 0.5) is 11.4 Å². The number of aliphatic imine (C=N–C) groups is 1. The van der Waals surface area contributed by atoms with Crippen LogP contribution in [0, 0.1) is 6.92 Å². The molecule has 2 aromatic carbocycles. The van der Waals surface area contributed by atoms with Gasteiger partial charge >= 0.3 is 0 Å². The highest BCUT2D eigenvalue weighted by Gasteiger charge is 2.32. The van der Waals surface area contributed by atoms with Gasteiger partial charge in [0.05, 0.1) is 12.8 Å². The number of anilines is 1. The maximum Gasteiger partial charge on any atom is 0.240 e. The normalized spacial score (nSPS) is 17.7. The standard InChI is InChI=1S/C19H18ClN3O3S/c1-11-14(20)7-4-8-15(11)22-17(24)10-16-18(25)23-19(27-16)21-12-5-3-6-13(9-12)26-2/h3-9,16H,10H2,1-2H3,(H,22,24)(H,21,23,25)/t16-/m1/s1.